The molecule has 3 heterocycles. The van der Waals surface area contributed by atoms with E-state index in [-0.39, 0.29) is 4.70 Å². The lowest BCUT2D eigenvalue weighted by Crippen LogP contribution is -2.48. The van der Waals surface area contributed by atoms with Crippen LogP contribution in [0.1, 0.15) is 11.1 Å². The van der Waals surface area contributed by atoms with Crippen LogP contribution in [0.15, 0.2) is 37.0 Å². The van der Waals surface area contributed by atoms with Crippen LogP contribution in [0.2, 0.25) is 0 Å². The minimum Gasteiger partial charge on any atom is -0.365 e. The Bertz CT molecular complexity index is 863. The highest BCUT2D eigenvalue weighted by atomic mass is 19.1. The summed E-state index contributed by atoms with van der Waals surface area (Å²) in [7, 11) is 0. The maximum absolute atomic E-state index is 13.0. The summed E-state index contributed by atoms with van der Waals surface area (Å²) in [5.74, 6) is 0. The van der Waals surface area contributed by atoms with E-state index in [1.165, 1.54) is 5.56 Å². The monoisotopic (exact) mass is 301 g/mol. The third-order valence-electron chi connectivity index (χ3n) is 4.20. The Balaban J connectivity index is 0.00000144. The summed E-state index contributed by atoms with van der Waals surface area (Å²) in [4.78, 5) is 6.71. The van der Waals surface area contributed by atoms with Gasteiger partial charge >= 0.3 is 0 Å². The summed E-state index contributed by atoms with van der Waals surface area (Å²) in [5.41, 5.74) is 6.27. The quantitative estimate of drug-likeness (QED) is 0.718. The molecule has 1 saturated heterocycles. The van der Waals surface area contributed by atoms with Crippen molar-refractivity contribution in [1.82, 2.24) is 9.38 Å². The number of aryl methyl sites for hydroxylation is 1. The molecule has 0 bridgehead atoms. The van der Waals surface area contributed by atoms with Crippen molar-refractivity contribution in [3.05, 3.63) is 48.2 Å². The maximum Gasteiger partial charge on any atom is 0.139 e. The number of pyridine rings is 1. The molecular weight excluding hydrogens is 284 g/mol. The Morgan fingerprint density at radius 2 is 2.09 bits per heavy atom. The number of alkyl halides is 1. The first-order chi connectivity index (χ1) is 10.2. The van der Waals surface area contributed by atoms with Crippen LogP contribution in [0, 0.1) is 6.92 Å². The molecule has 0 amide bonds. The lowest BCUT2D eigenvalue weighted by Gasteiger charge is -2.36. The Morgan fingerprint density at radius 3 is 2.77 bits per heavy atom. The molecule has 0 unspecified atom stereocenters. The van der Waals surface area contributed by atoms with Crippen molar-refractivity contribution in [1.29, 1.82) is 0 Å². The fourth-order valence-corrected chi connectivity index (χ4v) is 2.92. The summed E-state index contributed by atoms with van der Waals surface area (Å²) in [6, 6.07) is 8.24. The van der Waals surface area contributed by atoms with Gasteiger partial charge in [-0.1, -0.05) is 12.7 Å². The molecular formula is C17H17F2N3. The lowest BCUT2D eigenvalue weighted by atomic mass is 10.1. The van der Waals surface area contributed by atoms with Crippen LogP contribution in [-0.2, 0) is 0 Å². The van der Waals surface area contributed by atoms with Crippen molar-refractivity contribution in [3.8, 4) is 0 Å². The van der Waals surface area contributed by atoms with Gasteiger partial charge in [-0.05, 0) is 36.2 Å². The number of anilines is 1. The molecule has 3 nitrogen and oxygen atoms in total. The van der Waals surface area contributed by atoms with Crippen LogP contribution in [0.3, 0.4) is 0 Å². The molecule has 0 radical (unpaired) electrons. The van der Waals surface area contributed by atoms with Crippen LogP contribution >= 0.6 is 0 Å². The lowest BCUT2D eigenvalue weighted by molar-refractivity contribution is 0.275. The van der Waals surface area contributed by atoms with Crippen molar-refractivity contribution in [2.45, 2.75) is 13.1 Å². The highest BCUT2D eigenvalue weighted by Crippen LogP contribution is 2.27. The van der Waals surface area contributed by atoms with E-state index in [1.807, 2.05) is 29.3 Å². The predicted octanol–water partition coefficient (Wildman–Crippen LogP) is 3.75. The van der Waals surface area contributed by atoms with E-state index in [0.717, 1.165) is 27.9 Å². The second-order valence-electron chi connectivity index (χ2n) is 5.63. The van der Waals surface area contributed by atoms with E-state index in [0.29, 0.717) is 13.1 Å². The number of imidazole rings is 1. The summed E-state index contributed by atoms with van der Waals surface area (Å²) < 4.78 is 15.1. The number of rotatable bonds is 2. The average molecular weight is 301 g/mol. The number of fused-ring (bicyclic) bond motifs is 3. The van der Waals surface area contributed by atoms with Crippen molar-refractivity contribution >= 4 is 28.4 Å². The minimum atomic E-state index is -0.696. The molecule has 3 aromatic rings. The van der Waals surface area contributed by atoms with Gasteiger partial charge in [0, 0.05) is 18.0 Å². The topological polar surface area (TPSA) is 20.5 Å². The second kappa shape index (κ2) is 5.09. The number of nitrogens with zero attached hydrogens (tertiary/aromatic N) is 3. The standard InChI is InChI=1S/C17H16FN3.FH/c1-3-12-7-15-16(6-11(12)2)21-5-4-14(8-17(21)19-15)20-9-13(18)10-20;/h3-8,13H,1,9-10H2,2H3;1H. The van der Waals surface area contributed by atoms with E-state index in [9.17, 15) is 4.39 Å². The Kier molecular flexibility index (Phi) is 3.35. The van der Waals surface area contributed by atoms with Gasteiger partial charge in [0.25, 0.3) is 0 Å². The zero-order valence-electron chi connectivity index (χ0n) is 12.3. The number of hydrogen-bond acceptors (Lipinski definition) is 2. The third-order valence-corrected chi connectivity index (χ3v) is 4.20. The minimum absolute atomic E-state index is 0. The molecule has 0 atom stereocenters. The largest absolute Gasteiger partial charge is 0.365 e. The van der Waals surface area contributed by atoms with E-state index < -0.39 is 6.17 Å². The van der Waals surface area contributed by atoms with Gasteiger partial charge in [-0.15, -0.1) is 0 Å². The fraction of sp³-hybridized carbons (Fsp3) is 0.235. The van der Waals surface area contributed by atoms with Crippen LogP contribution < -0.4 is 4.90 Å². The zero-order valence-corrected chi connectivity index (χ0v) is 12.3. The molecule has 114 valence electrons. The first kappa shape index (κ1) is 14.5. The summed E-state index contributed by atoms with van der Waals surface area (Å²) in [5, 5.41) is 0. The van der Waals surface area contributed by atoms with Gasteiger partial charge in [-0.2, -0.15) is 0 Å². The van der Waals surface area contributed by atoms with Crippen molar-refractivity contribution in [3.63, 3.8) is 0 Å². The highest BCUT2D eigenvalue weighted by molar-refractivity contribution is 5.84. The predicted molar refractivity (Wildman–Crippen MR) is 87.1 cm³/mol. The molecule has 4 rings (SSSR count). The maximum atomic E-state index is 13.0. The van der Waals surface area contributed by atoms with Gasteiger partial charge < -0.3 is 4.90 Å². The van der Waals surface area contributed by atoms with E-state index >= 15 is 0 Å². The number of halogens is 2. The molecule has 0 spiro atoms. The van der Waals surface area contributed by atoms with E-state index in [1.54, 1.807) is 0 Å². The second-order valence-corrected chi connectivity index (χ2v) is 5.63. The summed E-state index contributed by atoms with van der Waals surface area (Å²) >= 11 is 0. The molecule has 1 fully saturated rings. The molecule has 0 aliphatic carbocycles. The van der Waals surface area contributed by atoms with E-state index in [4.69, 9.17) is 0 Å². The van der Waals surface area contributed by atoms with Crippen LogP contribution in [0.25, 0.3) is 22.8 Å². The first-order valence-electron chi connectivity index (χ1n) is 7.09. The van der Waals surface area contributed by atoms with Gasteiger partial charge in [0.05, 0.1) is 24.1 Å². The summed E-state index contributed by atoms with van der Waals surface area (Å²) in [6.45, 7) is 6.88. The molecule has 22 heavy (non-hydrogen) atoms. The average Bonchev–Trinajstić information content (AvgIpc) is 2.79. The molecule has 1 aliphatic rings. The van der Waals surface area contributed by atoms with Crippen LogP contribution in [0.4, 0.5) is 14.8 Å². The van der Waals surface area contributed by atoms with Gasteiger partial charge in [-0.25, -0.2) is 9.37 Å². The highest BCUT2D eigenvalue weighted by Gasteiger charge is 2.26. The SMILES string of the molecule is C=Cc1cc2nc3cc(N4CC(F)C4)ccn3c2cc1C.F. The number of benzene rings is 1. The van der Waals surface area contributed by atoms with Crippen molar-refractivity contribution < 1.29 is 9.09 Å². The van der Waals surface area contributed by atoms with Gasteiger partial charge in [0.1, 0.15) is 11.8 Å². The van der Waals surface area contributed by atoms with Gasteiger partial charge in [-0.3, -0.25) is 9.11 Å². The fourth-order valence-electron chi connectivity index (χ4n) is 2.92. The van der Waals surface area contributed by atoms with Gasteiger partial charge in [0.2, 0.25) is 0 Å². The molecule has 0 N–H and O–H groups in total. The molecule has 1 aromatic carbocycles. The van der Waals surface area contributed by atoms with Crippen LogP contribution in [-0.4, -0.2) is 28.6 Å². The van der Waals surface area contributed by atoms with Crippen molar-refractivity contribution in [2.24, 2.45) is 0 Å². The number of hydrogen-bond donors (Lipinski definition) is 0. The Hall–Kier alpha value is -2.43. The first-order valence-corrected chi connectivity index (χ1v) is 7.09. The molecule has 1 aliphatic heterocycles. The number of aromatic nitrogens is 2. The Morgan fingerprint density at radius 1 is 1.32 bits per heavy atom. The zero-order chi connectivity index (χ0) is 14.6. The van der Waals surface area contributed by atoms with Gasteiger partial charge in [0.15, 0.2) is 0 Å². The van der Waals surface area contributed by atoms with E-state index in [2.05, 4.69) is 35.0 Å². The summed E-state index contributed by atoms with van der Waals surface area (Å²) in [6.07, 6.45) is 3.17. The van der Waals surface area contributed by atoms with Crippen LogP contribution in [0.5, 0.6) is 0 Å². The normalized spacial score (nSPS) is 14.9. The smallest absolute Gasteiger partial charge is 0.139 e. The molecule has 2 aromatic heterocycles. The Labute approximate surface area is 127 Å². The molecule has 0 saturated carbocycles. The third kappa shape index (κ3) is 2.04. The molecule has 5 heteroatoms. The van der Waals surface area contributed by atoms with Crippen molar-refractivity contribution in [2.75, 3.05) is 18.0 Å².